The molecule has 20 heavy (non-hydrogen) atoms. The van der Waals surface area contributed by atoms with Gasteiger partial charge in [-0.2, -0.15) is 10.2 Å². The van der Waals surface area contributed by atoms with Gasteiger partial charge >= 0.3 is 0 Å². The second kappa shape index (κ2) is 5.48. The van der Waals surface area contributed by atoms with E-state index in [1.54, 1.807) is 18.5 Å². The van der Waals surface area contributed by atoms with Crippen molar-refractivity contribution in [2.75, 3.05) is 19.6 Å². The molecule has 2 aliphatic heterocycles. The Morgan fingerprint density at radius 2 is 2.10 bits per heavy atom. The first-order valence-corrected chi connectivity index (χ1v) is 7.48. The van der Waals surface area contributed by atoms with Gasteiger partial charge in [0.2, 0.25) is 0 Å². The van der Waals surface area contributed by atoms with Gasteiger partial charge in [0.1, 0.15) is 0 Å². The molecule has 0 bridgehead atoms. The van der Waals surface area contributed by atoms with Gasteiger partial charge < -0.3 is 4.90 Å². The number of carbonyl (C=O) groups excluding carboxylic acids is 1. The molecular formula is C15H22N4O. The molecule has 5 nitrogen and oxygen atoms in total. The van der Waals surface area contributed by atoms with Gasteiger partial charge in [-0.15, -0.1) is 0 Å². The first-order chi connectivity index (χ1) is 9.66. The molecule has 2 saturated heterocycles. The Morgan fingerprint density at radius 1 is 1.30 bits per heavy atom. The second-order valence-electron chi connectivity index (χ2n) is 6.23. The number of fused-ring (bicyclic) bond motifs is 1. The van der Waals surface area contributed by atoms with E-state index >= 15 is 0 Å². The number of hydrogen-bond donors (Lipinski definition) is 0. The Morgan fingerprint density at radius 3 is 2.80 bits per heavy atom. The molecule has 1 aromatic rings. The normalized spacial score (nSPS) is 26.2. The molecule has 0 saturated carbocycles. The maximum absolute atomic E-state index is 12.6. The third-order valence-electron chi connectivity index (χ3n) is 4.38. The van der Waals surface area contributed by atoms with Crippen LogP contribution in [0.2, 0.25) is 0 Å². The van der Waals surface area contributed by atoms with Crippen molar-refractivity contribution < 1.29 is 4.79 Å². The molecule has 0 unspecified atom stereocenters. The van der Waals surface area contributed by atoms with Gasteiger partial charge in [0.15, 0.2) is 0 Å². The third-order valence-corrected chi connectivity index (χ3v) is 4.38. The van der Waals surface area contributed by atoms with Crippen molar-refractivity contribution in [2.45, 2.75) is 38.8 Å². The molecule has 0 spiro atoms. The highest BCUT2D eigenvalue weighted by Crippen LogP contribution is 2.32. The van der Waals surface area contributed by atoms with Crippen LogP contribution in [0.5, 0.6) is 0 Å². The van der Waals surface area contributed by atoms with E-state index in [0.29, 0.717) is 23.6 Å². The van der Waals surface area contributed by atoms with Crippen LogP contribution >= 0.6 is 0 Å². The topological polar surface area (TPSA) is 49.3 Å². The molecule has 108 valence electrons. The molecule has 0 aliphatic carbocycles. The number of aromatic nitrogens is 2. The number of carbonyl (C=O) groups is 1. The molecule has 1 amide bonds. The van der Waals surface area contributed by atoms with Crippen LogP contribution in [0.15, 0.2) is 18.5 Å². The molecule has 3 rings (SSSR count). The number of rotatable bonds is 3. The van der Waals surface area contributed by atoms with Crippen molar-refractivity contribution in [1.29, 1.82) is 0 Å². The van der Waals surface area contributed by atoms with Gasteiger partial charge in [-0.1, -0.05) is 13.8 Å². The highest BCUT2D eigenvalue weighted by molar-refractivity contribution is 5.94. The predicted molar refractivity (Wildman–Crippen MR) is 76.3 cm³/mol. The van der Waals surface area contributed by atoms with E-state index < -0.39 is 0 Å². The highest BCUT2D eigenvalue weighted by Gasteiger charge is 2.44. The minimum Gasteiger partial charge on any atom is -0.334 e. The lowest BCUT2D eigenvalue weighted by atomic mass is 10.1. The van der Waals surface area contributed by atoms with Crippen molar-refractivity contribution in [3.8, 4) is 0 Å². The van der Waals surface area contributed by atoms with Gasteiger partial charge in [0.25, 0.3) is 5.91 Å². The van der Waals surface area contributed by atoms with Gasteiger partial charge in [-0.3, -0.25) is 9.69 Å². The molecule has 3 heterocycles. The standard InChI is InChI=1S/C15H22N4O/c1-11(2)10-18-7-4-14-13(18)5-8-19(14)15(20)12-3-6-16-17-9-12/h3,6,9,11,13-14H,4-5,7-8,10H2,1-2H3/t13-,14+/m0/s1. The van der Waals surface area contributed by atoms with Crippen LogP contribution in [-0.4, -0.2) is 57.6 Å². The lowest BCUT2D eigenvalue weighted by Crippen LogP contribution is -2.40. The van der Waals surface area contributed by atoms with Gasteiger partial charge in [-0.25, -0.2) is 0 Å². The fourth-order valence-electron chi connectivity index (χ4n) is 3.61. The Hall–Kier alpha value is -1.49. The van der Waals surface area contributed by atoms with Crippen molar-refractivity contribution in [3.63, 3.8) is 0 Å². The van der Waals surface area contributed by atoms with Gasteiger partial charge in [-0.05, 0) is 24.8 Å². The van der Waals surface area contributed by atoms with Gasteiger partial charge in [0.05, 0.1) is 18.0 Å². The number of hydrogen-bond acceptors (Lipinski definition) is 4. The van der Waals surface area contributed by atoms with Crippen molar-refractivity contribution in [2.24, 2.45) is 5.92 Å². The summed E-state index contributed by atoms with van der Waals surface area (Å²) in [5.74, 6) is 0.793. The second-order valence-corrected chi connectivity index (χ2v) is 6.23. The van der Waals surface area contributed by atoms with Crippen LogP contribution in [0.25, 0.3) is 0 Å². The fourth-order valence-corrected chi connectivity index (χ4v) is 3.61. The van der Waals surface area contributed by atoms with E-state index in [1.165, 1.54) is 0 Å². The van der Waals surface area contributed by atoms with E-state index in [2.05, 4.69) is 28.9 Å². The maximum Gasteiger partial charge on any atom is 0.255 e. The number of nitrogens with zero attached hydrogens (tertiary/aromatic N) is 4. The molecule has 0 N–H and O–H groups in total. The summed E-state index contributed by atoms with van der Waals surface area (Å²) in [4.78, 5) is 17.2. The molecule has 2 aliphatic rings. The lowest BCUT2D eigenvalue weighted by molar-refractivity contribution is 0.0731. The predicted octanol–water partition coefficient (Wildman–Crippen LogP) is 1.42. The first-order valence-electron chi connectivity index (χ1n) is 7.48. The SMILES string of the molecule is CC(C)CN1CC[C@@H]2[C@@H]1CCN2C(=O)c1ccnnc1. The van der Waals surface area contributed by atoms with E-state index in [-0.39, 0.29) is 5.91 Å². The smallest absolute Gasteiger partial charge is 0.255 e. The Bertz CT molecular complexity index is 476. The van der Waals surface area contributed by atoms with E-state index in [4.69, 9.17) is 0 Å². The van der Waals surface area contributed by atoms with E-state index in [0.717, 1.165) is 32.5 Å². The first kappa shape index (κ1) is 13.5. The largest absolute Gasteiger partial charge is 0.334 e. The Labute approximate surface area is 120 Å². The fraction of sp³-hybridized carbons (Fsp3) is 0.667. The highest BCUT2D eigenvalue weighted by atomic mass is 16.2. The van der Waals surface area contributed by atoms with Crippen LogP contribution in [0.3, 0.4) is 0 Å². The minimum atomic E-state index is 0.110. The summed E-state index contributed by atoms with van der Waals surface area (Å²) >= 11 is 0. The quantitative estimate of drug-likeness (QED) is 0.836. The zero-order valence-electron chi connectivity index (χ0n) is 12.2. The summed E-state index contributed by atoms with van der Waals surface area (Å²) in [5, 5.41) is 7.55. The molecule has 2 fully saturated rings. The summed E-state index contributed by atoms with van der Waals surface area (Å²) in [6, 6.07) is 2.69. The van der Waals surface area contributed by atoms with Crippen LogP contribution in [0.1, 0.15) is 37.0 Å². The zero-order chi connectivity index (χ0) is 14.1. The summed E-state index contributed by atoms with van der Waals surface area (Å²) in [6.45, 7) is 7.64. The summed E-state index contributed by atoms with van der Waals surface area (Å²) in [5.41, 5.74) is 0.656. The Kier molecular flexibility index (Phi) is 3.70. The number of likely N-dealkylation sites (tertiary alicyclic amines) is 2. The zero-order valence-corrected chi connectivity index (χ0v) is 12.2. The van der Waals surface area contributed by atoms with E-state index in [9.17, 15) is 4.79 Å². The average molecular weight is 274 g/mol. The van der Waals surface area contributed by atoms with Crippen LogP contribution < -0.4 is 0 Å². The van der Waals surface area contributed by atoms with Crippen LogP contribution in [0.4, 0.5) is 0 Å². The number of amides is 1. The summed E-state index contributed by atoms with van der Waals surface area (Å²) < 4.78 is 0. The molecular weight excluding hydrogens is 252 g/mol. The van der Waals surface area contributed by atoms with Crippen LogP contribution in [-0.2, 0) is 0 Å². The lowest BCUT2D eigenvalue weighted by Gasteiger charge is -2.26. The summed E-state index contributed by atoms with van der Waals surface area (Å²) in [6.07, 6.45) is 5.35. The molecule has 0 radical (unpaired) electrons. The molecule has 2 atom stereocenters. The van der Waals surface area contributed by atoms with Gasteiger partial charge in [0, 0.05) is 31.7 Å². The molecule has 0 aromatic carbocycles. The van der Waals surface area contributed by atoms with Crippen molar-refractivity contribution >= 4 is 5.91 Å². The monoisotopic (exact) mass is 274 g/mol. The van der Waals surface area contributed by atoms with Crippen LogP contribution in [0, 0.1) is 5.92 Å². The van der Waals surface area contributed by atoms with Crippen molar-refractivity contribution in [1.82, 2.24) is 20.0 Å². The molecule has 1 aromatic heterocycles. The van der Waals surface area contributed by atoms with E-state index in [1.807, 2.05) is 4.90 Å². The molecule has 5 heteroatoms. The average Bonchev–Trinajstić information content (AvgIpc) is 3.02. The Balaban J connectivity index is 1.71. The van der Waals surface area contributed by atoms with Crippen molar-refractivity contribution in [3.05, 3.63) is 24.0 Å². The summed E-state index contributed by atoms with van der Waals surface area (Å²) in [7, 11) is 0. The maximum atomic E-state index is 12.6. The minimum absolute atomic E-state index is 0.110. The third kappa shape index (κ3) is 2.42.